The Morgan fingerprint density at radius 2 is 2.04 bits per heavy atom. The van der Waals surface area contributed by atoms with Crippen LogP contribution in [0.1, 0.15) is 35.5 Å². The third-order valence-electron chi connectivity index (χ3n) is 3.19. The van der Waals surface area contributed by atoms with Crippen LogP contribution < -0.4 is 10.6 Å². The van der Waals surface area contributed by atoms with E-state index in [9.17, 15) is 18.4 Å². The van der Waals surface area contributed by atoms with Crippen molar-refractivity contribution in [3.8, 4) is 0 Å². The van der Waals surface area contributed by atoms with Crippen LogP contribution in [-0.2, 0) is 4.79 Å². The lowest BCUT2D eigenvalue weighted by Crippen LogP contribution is -2.32. The molecule has 1 aromatic heterocycles. The molecule has 1 unspecified atom stereocenters. The van der Waals surface area contributed by atoms with E-state index in [0.29, 0.717) is 0 Å². The van der Waals surface area contributed by atoms with Crippen molar-refractivity contribution < 1.29 is 22.8 Å². The van der Waals surface area contributed by atoms with Crippen LogP contribution in [0.2, 0.25) is 0 Å². The van der Waals surface area contributed by atoms with E-state index in [-0.39, 0.29) is 30.2 Å². The number of rotatable bonds is 6. The molecule has 0 saturated heterocycles. The van der Waals surface area contributed by atoms with Crippen LogP contribution in [0.15, 0.2) is 41.0 Å². The second-order valence-electron chi connectivity index (χ2n) is 4.94. The van der Waals surface area contributed by atoms with E-state index in [2.05, 4.69) is 10.6 Å². The number of carbonyl (C=O) groups is 2. The third kappa shape index (κ3) is 4.64. The average molecular weight is 322 g/mol. The molecule has 0 bridgehead atoms. The number of hydrogen-bond donors (Lipinski definition) is 2. The molecule has 2 N–H and O–H groups in total. The molecule has 2 amide bonds. The summed E-state index contributed by atoms with van der Waals surface area (Å²) in [5.41, 5.74) is 0.194. The summed E-state index contributed by atoms with van der Waals surface area (Å²) in [6.45, 7) is 1.71. The molecule has 5 nitrogen and oxygen atoms in total. The summed E-state index contributed by atoms with van der Waals surface area (Å²) in [5, 5.41) is 5.12. The summed E-state index contributed by atoms with van der Waals surface area (Å²) < 4.78 is 31.4. The molecular formula is C16H16F2N2O3. The van der Waals surface area contributed by atoms with Crippen molar-refractivity contribution in [3.05, 3.63) is 59.6 Å². The Morgan fingerprint density at radius 1 is 1.26 bits per heavy atom. The van der Waals surface area contributed by atoms with Gasteiger partial charge < -0.3 is 15.1 Å². The summed E-state index contributed by atoms with van der Waals surface area (Å²) in [6.07, 6.45) is 1.40. The fourth-order valence-corrected chi connectivity index (χ4v) is 2.03. The van der Waals surface area contributed by atoms with Crippen LogP contribution in [0.4, 0.5) is 8.78 Å². The second-order valence-corrected chi connectivity index (χ2v) is 4.94. The number of furan rings is 1. The zero-order valence-corrected chi connectivity index (χ0v) is 12.4. The van der Waals surface area contributed by atoms with E-state index in [0.717, 1.165) is 12.1 Å². The number of carbonyl (C=O) groups excluding carboxylic acids is 2. The van der Waals surface area contributed by atoms with E-state index in [1.807, 2.05) is 0 Å². The summed E-state index contributed by atoms with van der Waals surface area (Å²) in [7, 11) is 0. The van der Waals surface area contributed by atoms with Crippen molar-refractivity contribution in [2.45, 2.75) is 19.4 Å². The number of amides is 2. The number of nitrogens with one attached hydrogen (secondary N) is 2. The highest BCUT2D eigenvalue weighted by Crippen LogP contribution is 2.17. The Morgan fingerprint density at radius 3 is 2.70 bits per heavy atom. The van der Waals surface area contributed by atoms with E-state index >= 15 is 0 Å². The van der Waals surface area contributed by atoms with Crippen molar-refractivity contribution in [1.29, 1.82) is 0 Å². The highest BCUT2D eigenvalue weighted by Gasteiger charge is 2.15. The number of halogens is 2. The minimum Gasteiger partial charge on any atom is -0.459 e. The van der Waals surface area contributed by atoms with Gasteiger partial charge in [-0.25, -0.2) is 8.78 Å². The predicted molar refractivity (Wildman–Crippen MR) is 78.6 cm³/mol. The fraction of sp³-hybridized carbons (Fsp3) is 0.250. The molecule has 1 aromatic carbocycles. The number of hydrogen-bond acceptors (Lipinski definition) is 3. The van der Waals surface area contributed by atoms with Crippen LogP contribution in [0.5, 0.6) is 0 Å². The molecule has 23 heavy (non-hydrogen) atoms. The molecular weight excluding hydrogens is 306 g/mol. The van der Waals surface area contributed by atoms with Gasteiger partial charge in [0.2, 0.25) is 5.91 Å². The highest BCUT2D eigenvalue weighted by molar-refractivity contribution is 5.91. The Hall–Kier alpha value is -2.70. The van der Waals surface area contributed by atoms with Gasteiger partial charge in [0, 0.05) is 24.6 Å². The molecule has 2 rings (SSSR count). The van der Waals surface area contributed by atoms with Gasteiger partial charge in [0.05, 0.1) is 12.3 Å². The summed E-state index contributed by atoms with van der Waals surface area (Å²) in [6, 6.07) is 5.67. The van der Waals surface area contributed by atoms with E-state index in [1.165, 1.54) is 18.4 Å². The monoisotopic (exact) mass is 322 g/mol. The Labute approximate surface area is 131 Å². The Balaban J connectivity index is 1.79. The quantitative estimate of drug-likeness (QED) is 0.858. The predicted octanol–water partition coefficient (Wildman–Crippen LogP) is 2.56. The molecule has 122 valence electrons. The zero-order valence-electron chi connectivity index (χ0n) is 12.4. The molecule has 0 spiro atoms. The fourth-order valence-electron chi connectivity index (χ4n) is 2.03. The van der Waals surface area contributed by atoms with Crippen LogP contribution in [-0.4, -0.2) is 18.4 Å². The molecule has 7 heteroatoms. The van der Waals surface area contributed by atoms with Crippen LogP contribution in [0.25, 0.3) is 0 Å². The molecule has 0 aliphatic carbocycles. The first-order valence-corrected chi connectivity index (χ1v) is 7.03. The molecule has 0 aliphatic rings. The van der Waals surface area contributed by atoms with Gasteiger partial charge in [-0.3, -0.25) is 9.59 Å². The molecule has 0 fully saturated rings. The van der Waals surface area contributed by atoms with Crippen molar-refractivity contribution in [2.24, 2.45) is 0 Å². The van der Waals surface area contributed by atoms with Gasteiger partial charge in [-0.05, 0) is 25.1 Å². The average Bonchev–Trinajstić information content (AvgIpc) is 3.01. The zero-order chi connectivity index (χ0) is 16.8. The van der Waals surface area contributed by atoms with Crippen molar-refractivity contribution in [2.75, 3.05) is 6.54 Å². The van der Waals surface area contributed by atoms with Gasteiger partial charge in [-0.2, -0.15) is 0 Å². The van der Waals surface area contributed by atoms with Crippen molar-refractivity contribution >= 4 is 11.8 Å². The molecule has 0 aliphatic heterocycles. The lowest BCUT2D eigenvalue weighted by atomic mass is 10.1. The van der Waals surface area contributed by atoms with Gasteiger partial charge in [-0.1, -0.05) is 6.07 Å². The minimum atomic E-state index is -0.719. The maximum Gasteiger partial charge on any atom is 0.286 e. The molecule has 1 atom stereocenters. The van der Waals surface area contributed by atoms with E-state index in [4.69, 9.17) is 4.42 Å². The lowest BCUT2D eigenvalue weighted by molar-refractivity contribution is -0.121. The SMILES string of the molecule is CC(NC(=O)CCNC(=O)c1ccco1)c1ccc(F)cc1F. The second kappa shape index (κ2) is 7.53. The maximum absolute atomic E-state index is 13.6. The number of benzene rings is 1. The molecule has 0 radical (unpaired) electrons. The smallest absolute Gasteiger partial charge is 0.286 e. The summed E-state index contributed by atoms with van der Waals surface area (Å²) in [5.74, 6) is -2.01. The van der Waals surface area contributed by atoms with Crippen molar-refractivity contribution in [1.82, 2.24) is 10.6 Å². The standard InChI is InChI=1S/C16H16F2N2O3/c1-10(12-5-4-11(17)9-13(12)18)20-15(21)6-7-19-16(22)14-3-2-8-23-14/h2-5,8-10H,6-7H2,1H3,(H,19,22)(H,20,21). The lowest BCUT2D eigenvalue weighted by Gasteiger charge is -2.15. The molecule has 1 heterocycles. The normalized spacial score (nSPS) is 11.8. The van der Waals surface area contributed by atoms with Crippen LogP contribution in [0.3, 0.4) is 0 Å². The maximum atomic E-state index is 13.6. The molecule has 0 saturated carbocycles. The van der Waals surface area contributed by atoms with E-state index in [1.54, 1.807) is 13.0 Å². The van der Waals surface area contributed by atoms with Gasteiger partial charge in [0.1, 0.15) is 11.6 Å². The van der Waals surface area contributed by atoms with Gasteiger partial charge >= 0.3 is 0 Å². The Bertz CT molecular complexity index is 687. The third-order valence-corrected chi connectivity index (χ3v) is 3.19. The topological polar surface area (TPSA) is 71.3 Å². The minimum absolute atomic E-state index is 0.0274. The van der Waals surface area contributed by atoms with Gasteiger partial charge in [0.25, 0.3) is 5.91 Å². The van der Waals surface area contributed by atoms with Gasteiger partial charge in [-0.15, -0.1) is 0 Å². The van der Waals surface area contributed by atoms with Gasteiger partial charge in [0.15, 0.2) is 5.76 Å². The summed E-state index contributed by atoms with van der Waals surface area (Å²) >= 11 is 0. The largest absolute Gasteiger partial charge is 0.459 e. The first kappa shape index (κ1) is 16.7. The first-order chi connectivity index (χ1) is 11.0. The Kier molecular flexibility index (Phi) is 5.46. The van der Waals surface area contributed by atoms with Crippen molar-refractivity contribution in [3.63, 3.8) is 0 Å². The van der Waals surface area contributed by atoms with Crippen LogP contribution in [0, 0.1) is 11.6 Å². The molecule has 2 aromatic rings. The highest BCUT2D eigenvalue weighted by atomic mass is 19.1. The first-order valence-electron chi connectivity index (χ1n) is 7.03. The summed E-state index contributed by atoms with van der Waals surface area (Å²) in [4.78, 5) is 23.4. The van der Waals surface area contributed by atoms with E-state index < -0.39 is 23.6 Å². The van der Waals surface area contributed by atoms with Crippen LogP contribution >= 0.6 is 0 Å².